The van der Waals surface area contributed by atoms with Gasteiger partial charge in [0.05, 0.1) is 6.20 Å². The number of nitrogens with two attached hydrogens (primary N) is 1. The third-order valence-corrected chi connectivity index (χ3v) is 3.57. The Morgan fingerprint density at radius 2 is 2.41 bits per heavy atom. The first-order chi connectivity index (χ1) is 8.28. The van der Waals surface area contributed by atoms with Crippen molar-refractivity contribution >= 4 is 11.3 Å². The van der Waals surface area contributed by atoms with Crippen molar-refractivity contribution in [3.05, 3.63) is 40.3 Å². The van der Waals surface area contributed by atoms with E-state index in [1.807, 2.05) is 17.9 Å². The van der Waals surface area contributed by atoms with E-state index < -0.39 is 0 Å². The lowest BCUT2D eigenvalue weighted by atomic mass is 10.0. The number of nitrogens with zero attached hydrogens (tertiary/aromatic N) is 2. The number of aryl methyl sites for hydroxylation is 2. The summed E-state index contributed by atoms with van der Waals surface area (Å²) in [6.07, 6.45) is 6.99. The lowest BCUT2D eigenvalue weighted by molar-refractivity contribution is 0.492. The van der Waals surface area contributed by atoms with Gasteiger partial charge in [-0.05, 0) is 47.2 Å². The number of nitrogens with one attached hydrogen (secondary N) is 1. The van der Waals surface area contributed by atoms with Gasteiger partial charge in [0.25, 0.3) is 0 Å². The van der Waals surface area contributed by atoms with E-state index in [0.29, 0.717) is 6.04 Å². The molecule has 0 bridgehead atoms. The second-order valence-electron chi connectivity index (χ2n) is 4.26. The van der Waals surface area contributed by atoms with Crippen LogP contribution in [0.15, 0.2) is 29.2 Å². The highest BCUT2D eigenvalue weighted by Gasteiger charge is 2.09. The average Bonchev–Trinajstić information content (AvgIpc) is 2.96. The molecule has 0 saturated carbocycles. The molecular formula is C12H18N4S. The van der Waals surface area contributed by atoms with Gasteiger partial charge in [0.15, 0.2) is 0 Å². The van der Waals surface area contributed by atoms with Crippen molar-refractivity contribution in [1.82, 2.24) is 15.2 Å². The van der Waals surface area contributed by atoms with Crippen molar-refractivity contribution in [3.8, 4) is 0 Å². The molecule has 0 fully saturated rings. The fourth-order valence-electron chi connectivity index (χ4n) is 1.88. The lowest BCUT2D eigenvalue weighted by Crippen LogP contribution is -2.37. The molecule has 0 radical (unpaired) electrons. The molecule has 0 aromatic carbocycles. The molecule has 17 heavy (non-hydrogen) atoms. The van der Waals surface area contributed by atoms with E-state index in [-0.39, 0.29) is 0 Å². The highest BCUT2D eigenvalue weighted by atomic mass is 32.1. The van der Waals surface area contributed by atoms with Crippen LogP contribution in [0, 0.1) is 0 Å². The fourth-order valence-corrected chi connectivity index (χ4v) is 2.56. The van der Waals surface area contributed by atoms with Gasteiger partial charge in [-0.2, -0.15) is 16.4 Å². The minimum atomic E-state index is 0.324. The summed E-state index contributed by atoms with van der Waals surface area (Å²) in [5, 5.41) is 8.44. The average molecular weight is 250 g/mol. The molecule has 92 valence electrons. The fraction of sp³-hybridized carbons (Fsp3) is 0.417. The first-order valence-electron chi connectivity index (χ1n) is 5.72. The summed E-state index contributed by atoms with van der Waals surface area (Å²) in [5.74, 6) is 5.59. The van der Waals surface area contributed by atoms with Gasteiger partial charge in [0.2, 0.25) is 0 Å². The second kappa shape index (κ2) is 5.95. The molecule has 0 spiro atoms. The van der Waals surface area contributed by atoms with E-state index in [1.54, 1.807) is 11.3 Å². The predicted molar refractivity (Wildman–Crippen MR) is 70.7 cm³/mol. The molecule has 2 aromatic heterocycles. The first kappa shape index (κ1) is 12.3. The molecular weight excluding hydrogens is 232 g/mol. The molecule has 2 heterocycles. The Bertz CT molecular complexity index is 435. The molecule has 0 aliphatic carbocycles. The lowest BCUT2D eigenvalue weighted by Gasteiger charge is -2.14. The van der Waals surface area contributed by atoms with Gasteiger partial charge in [-0.25, -0.2) is 0 Å². The maximum absolute atomic E-state index is 5.59. The standard InChI is InChI=1S/C12H18N4S/c1-16-8-11(7-14-16)2-3-12(15-13)6-10-4-5-17-9-10/h4-5,7-9,12,15H,2-3,6,13H2,1H3. The second-order valence-corrected chi connectivity index (χ2v) is 5.04. The van der Waals surface area contributed by atoms with E-state index in [2.05, 4.69) is 33.5 Å². The summed E-state index contributed by atoms with van der Waals surface area (Å²) < 4.78 is 1.83. The highest BCUT2D eigenvalue weighted by Crippen LogP contribution is 2.12. The van der Waals surface area contributed by atoms with Crippen LogP contribution < -0.4 is 11.3 Å². The van der Waals surface area contributed by atoms with E-state index in [9.17, 15) is 0 Å². The summed E-state index contributed by atoms with van der Waals surface area (Å²) in [6, 6.07) is 2.48. The Kier molecular flexibility index (Phi) is 4.30. The zero-order valence-electron chi connectivity index (χ0n) is 9.97. The monoisotopic (exact) mass is 250 g/mol. The Labute approximate surface area is 105 Å². The topological polar surface area (TPSA) is 55.9 Å². The van der Waals surface area contributed by atoms with Crippen molar-refractivity contribution in [1.29, 1.82) is 0 Å². The summed E-state index contributed by atoms with van der Waals surface area (Å²) >= 11 is 1.73. The third kappa shape index (κ3) is 3.66. The van der Waals surface area contributed by atoms with Crippen molar-refractivity contribution in [2.24, 2.45) is 12.9 Å². The van der Waals surface area contributed by atoms with Gasteiger partial charge >= 0.3 is 0 Å². The van der Waals surface area contributed by atoms with Crippen LogP contribution in [0.1, 0.15) is 17.5 Å². The Morgan fingerprint density at radius 3 is 3.00 bits per heavy atom. The maximum Gasteiger partial charge on any atom is 0.0521 e. The van der Waals surface area contributed by atoms with Crippen molar-refractivity contribution in [2.75, 3.05) is 0 Å². The number of rotatable bonds is 6. The van der Waals surface area contributed by atoms with Crippen LogP contribution in [0.25, 0.3) is 0 Å². The summed E-state index contributed by atoms with van der Waals surface area (Å²) in [6.45, 7) is 0. The SMILES string of the molecule is Cn1cc(CCC(Cc2ccsc2)NN)cn1. The van der Waals surface area contributed by atoms with E-state index in [1.165, 1.54) is 11.1 Å². The molecule has 1 atom stereocenters. The van der Waals surface area contributed by atoms with Crippen molar-refractivity contribution in [2.45, 2.75) is 25.3 Å². The zero-order chi connectivity index (χ0) is 12.1. The molecule has 1 unspecified atom stereocenters. The predicted octanol–water partition coefficient (Wildman–Crippen LogP) is 1.49. The number of thiophene rings is 1. The molecule has 0 aliphatic rings. The minimum Gasteiger partial charge on any atom is -0.276 e. The number of hydrazine groups is 1. The quantitative estimate of drug-likeness (QED) is 0.603. The zero-order valence-corrected chi connectivity index (χ0v) is 10.8. The summed E-state index contributed by atoms with van der Waals surface area (Å²) in [4.78, 5) is 0. The van der Waals surface area contributed by atoms with Crippen LogP contribution in [-0.4, -0.2) is 15.8 Å². The molecule has 0 amide bonds. The molecule has 3 N–H and O–H groups in total. The van der Waals surface area contributed by atoms with E-state index in [4.69, 9.17) is 5.84 Å². The molecule has 4 nitrogen and oxygen atoms in total. The molecule has 2 rings (SSSR count). The third-order valence-electron chi connectivity index (χ3n) is 2.84. The van der Waals surface area contributed by atoms with Gasteiger partial charge in [-0.15, -0.1) is 0 Å². The minimum absolute atomic E-state index is 0.324. The molecule has 5 heteroatoms. The van der Waals surface area contributed by atoms with E-state index >= 15 is 0 Å². The van der Waals surface area contributed by atoms with Crippen LogP contribution >= 0.6 is 11.3 Å². The van der Waals surface area contributed by atoms with Gasteiger partial charge in [-0.1, -0.05) is 0 Å². The highest BCUT2D eigenvalue weighted by molar-refractivity contribution is 7.07. The van der Waals surface area contributed by atoms with Crippen molar-refractivity contribution < 1.29 is 0 Å². The first-order valence-corrected chi connectivity index (χ1v) is 6.67. The Morgan fingerprint density at radius 1 is 1.53 bits per heavy atom. The van der Waals surface area contributed by atoms with Gasteiger partial charge in [0.1, 0.15) is 0 Å². The molecule has 0 aliphatic heterocycles. The van der Waals surface area contributed by atoms with Gasteiger partial charge < -0.3 is 0 Å². The summed E-state index contributed by atoms with van der Waals surface area (Å²) in [5.41, 5.74) is 5.51. The number of aromatic nitrogens is 2. The molecule has 2 aromatic rings. The van der Waals surface area contributed by atoms with E-state index in [0.717, 1.165) is 19.3 Å². The number of hydrogen-bond donors (Lipinski definition) is 2. The van der Waals surface area contributed by atoms with Crippen LogP contribution in [0.4, 0.5) is 0 Å². The number of hydrogen-bond acceptors (Lipinski definition) is 4. The van der Waals surface area contributed by atoms with Gasteiger partial charge in [0, 0.05) is 19.3 Å². The van der Waals surface area contributed by atoms with Crippen molar-refractivity contribution in [3.63, 3.8) is 0 Å². The summed E-state index contributed by atoms with van der Waals surface area (Å²) in [7, 11) is 1.94. The van der Waals surface area contributed by atoms with Crippen LogP contribution in [0.5, 0.6) is 0 Å². The Hall–Kier alpha value is -1.17. The van der Waals surface area contributed by atoms with Gasteiger partial charge in [-0.3, -0.25) is 16.0 Å². The van der Waals surface area contributed by atoms with Crippen LogP contribution in [0.3, 0.4) is 0 Å². The van der Waals surface area contributed by atoms with Crippen LogP contribution in [-0.2, 0) is 19.9 Å². The van der Waals surface area contributed by atoms with Crippen LogP contribution in [0.2, 0.25) is 0 Å². The smallest absolute Gasteiger partial charge is 0.0521 e. The maximum atomic E-state index is 5.59. The largest absolute Gasteiger partial charge is 0.276 e. The normalized spacial score (nSPS) is 12.8. The molecule has 0 saturated heterocycles. The Balaban J connectivity index is 1.83.